The van der Waals surface area contributed by atoms with E-state index in [-0.39, 0.29) is 5.91 Å². The summed E-state index contributed by atoms with van der Waals surface area (Å²) in [4.78, 5) is 22.6. The Balaban J connectivity index is 1.59. The van der Waals surface area contributed by atoms with Gasteiger partial charge < -0.3 is 10.2 Å². The van der Waals surface area contributed by atoms with Crippen LogP contribution in [-0.4, -0.2) is 34.4 Å². The van der Waals surface area contributed by atoms with Gasteiger partial charge in [0.15, 0.2) is 0 Å². The smallest absolute Gasteiger partial charge is 0.272 e. The predicted octanol–water partition coefficient (Wildman–Crippen LogP) is 3.71. The molecular weight excluding hydrogens is 336 g/mol. The minimum atomic E-state index is -0.0803. The van der Waals surface area contributed by atoms with Gasteiger partial charge in [-0.05, 0) is 48.7 Å². The molecule has 0 aliphatic rings. The summed E-state index contributed by atoms with van der Waals surface area (Å²) in [6.07, 6.45) is 5.99. The lowest BCUT2D eigenvalue weighted by atomic mass is 10.1. The van der Waals surface area contributed by atoms with E-state index < -0.39 is 0 Å². The van der Waals surface area contributed by atoms with Crippen molar-refractivity contribution in [2.75, 3.05) is 18.9 Å². The fourth-order valence-electron chi connectivity index (χ4n) is 2.83. The van der Waals surface area contributed by atoms with Crippen molar-refractivity contribution in [1.82, 2.24) is 14.9 Å². The van der Waals surface area contributed by atoms with Gasteiger partial charge in [0.05, 0.1) is 0 Å². The molecule has 3 rings (SSSR count). The number of hydrogen-bond donors (Lipinski definition) is 1. The highest BCUT2D eigenvalue weighted by Crippen LogP contribution is 2.13. The third-order valence-electron chi connectivity index (χ3n) is 4.39. The average Bonchev–Trinajstić information content (AvgIpc) is 2.71. The van der Waals surface area contributed by atoms with Crippen LogP contribution in [0.5, 0.6) is 0 Å². The van der Waals surface area contributed by atoms with Crippen LogP contribution in [0.3, 0.4) is 0 Å². The highest BCUT2D eigenvalue weighted by Gasteiger charge is 2.13. The third-order valence-corrected chi connectivity index (χ3v) is 4.39. The van der Waals surface area contributed by atoms with Crippen molar-refractivity contribution in [3.8, 4) is 0 Å². The van der Waals surface area contributed by atoms with Crippen LogP contribution in [0, 0.1) is 6.92 Å². The van der Waals surface area contributed by atoms with Crippen molar-refractivity contribution in [1.29, 1.82) is 0 Å². The summed E-state index contributed by atoms with van der Waals surface area (Å²) in [6.45, 7) is 3.41. The summed E-state index contributed by atoms with van der Waals surface area (Å²) in [5, 5.41) is 3.36. The Morgan fingerprint density at radius 2 is 1.85 bits per heavy atom. The maximum atomic E-state index is 12.7. The zero-order valence-corrected chi connectivity index (χ0v) is 15.7. The summed E-state index contributed by atoms with van der Waals surface area (Å²) in [5.41, 5.74) is 4.93. The molecule has 2 aromatic heterocycles. The van der Waals surface area contributed by atoms with Crippen molar-refractivity contribution in [2.24, 2.45) is 0 Å². The molecule has 2 heterocycles. The first-order valence-corrected chi connectivity index (χ1v) is 9.01. The fourth-order valence-corrected chi connectivity index (χ4v) is 2.83. The van der Waals surface area contributed by atoms with E-state index in [1.807, 2.05) is 24.3 Å². The fraction of sp³-hybridized carbons (Fsp3) is 0.227. The zero-order chi connectivity index (χ0) is 19.1. The Labute approximate surface area is 160 Å². The lowest BCUT2D eigenvalue weighted by Crippen LogP contribution is -2.29. The Kier molecular flexibility index (Phi) is 6.15. The molecule has 0 spiro atoms. The Morgan fingerprint density at radius 3 is 2.63 bits per heavy atom. The molecule has 0 saturated heterocycles. The first-order valence-electron chi connectivity index (χ1n) is 9.01. The molecule has 0 atom stereocenters. The van der Waals surface area contributed by atoms with Crippen molar-refractivity contribution in [3.63, 3.8) is 0 Å². The first-order chi connectivity index (χ1) is 13.1. The number of nitrogens with zero attached hydrogens (tertiary/aromatic N) is 3. The van der Waals surface area contributed by atoms with Gasteiger partial charge in [0.2, 0.25) is 0 Å². The number of likely N-dealkylation sites (N-methyl/N-ethyl adjacent to an activating group) is 1. The number of aryl methyl sites for hydroxylation is 1. The molecule has 0 saturated carbocycles. The quantitative estimate of drug-likeness (QED) is 0.698. The summed E-state index contributed by atoms with van der Waals surface area (Å²) in [6, 6.07) is 16.0. The molecule has 1 amide bonds. The van der Waals surface area contributed by atoms with E-state index in [1.165, 1.54) is 11.1 Å². The normalized spacial score (nSPS) is 10.4. The standard InChI is InChI=1S/C22H24N4O/c1-17-4-3-5-19(14-17)16-25-20-8-12-24-21(15-20)22(27)26(2)13-9-18-6-10-23-11-7-18/h3-8,10-12,14-15H,9,13,16H2,1-2H3,(H,24,25). The minimum absolute atomic E-state index is 0.0803. The Bertz CT molecular complexity index is 896. The van der Waals surface area contributed by atoms with Crippen molar-refractivity contribution in [2.45, 2.75) is 19.9 Å². The van der Waals surface area contributed by atoms with Crippen LogP contribution in [-0.2, 0) is 13.0 Å². The van der Waals surface area contributed by atoms with E-state index >= 15 is 0 Å². The third kappa shape index (κ3) is 5.38. The number of amides is 1. The number of aromatic nitrogens is 2. The molecule has 1 aromatic carbocycles. The maximum Gasteiger partial charge on any atom is 0.272 e. The van der Waals surface area contributed by atoms with Gasteiger partial charge in [-0.15, -0.1) is 0 Å². The lowest BCUT2D eigenvalue weighted by molar-refractivity contribution is 0.0791. The van der Waals surface area contributed by atoms with Crippen LogP contribution >= 0.6 is 0 Å². The number of benzene rings is 1. The van der Waals surface area contributed by atoms with Crippen molar-refractivity contribution < 1.29 is 4.79 Å². The van der Waals surface area contributed by atoms with E-state index in [9.17, 15) is 4.79 Å². The van der Waals surface area contributed by atoms with Crippen molar-refractivity contribution in [3.05, 3.63) is 89.5 Å². The van der Waals surface area contributed by atoms with E-state index in [2.05, 4.69) is 40.4 Å². The molecule has 138 valence electrons. The average molecular weight is 360 g/mol. The number of rotatable bonds is 7. The van der Waals surface area contributed by atoms with Gasteiger partial charge in [0.25, 0.3) is 5.91 Å². The number of carbonyl (C=O) groups is 1. The molecule has 0 fully saturated rings. The predicted molar refractivity (Wildman–Crippen MR) is 108 cm³/mol. The zero-order valence-electron chi connectivity index (χ0n) is 15.7. The maximum absolute atomic E-state index is 12.7. The van der Waals surface area contributed by atoms with E-state index in [1.54, 1.807) is 36.6 Å². The van der Waals surface area contributed by atoms with E-state index in [4.69, 9.17) is 0 Å². The van der Waals surface area contributed by atoms with Crippen LogP contribution in [0.2, 0.25) is 0 Å². The topological polar surface area (TPSA) is 58.1 Å². The summed E-state index contributed by atoms with van der Waals surface area (Å²) in [7, 11) is 1.80. The van der Waals surface area contributed by atoms with Crippen LogP contribution in [0.25, 0.3) is 0 Å². The molecule has 27 heavy (non-hydrogen) atoms. The van der Waals surface area contributed by atoms with E-state index in [0.717, 1.165) is 17.7 Å². The molecule has 0 bridgehead atoms. The van der Waals surface area contributed by atoms with Crippen LogP contribution in [0.4, 0.5) is 5.69 Å². The van der Waals surface area contributed by atoms with Gasteiger partial charge in [-0.1, -0.05) is 29.8 Å². The monoisotopic (exact) mass is 360 g/mol. The second-order valence-corrected chi connectivity index (χ2v) is 6.60. The minimum Gasteiger partial charge on any atom is -0.381 e. The van der Waals surface area contributed by atoms with Gasteiger partial charge >= 0.3 is 0 Å². The van der Waals surface area contributed by atoms with Gasteiger partial charge in [-0.25, -0.2) is 0 Å². The van der Waals surface area contributed by atoms with Crippen LogP contribution < -0.4 is 5.32 Å². The lowest BCUT2D eigenvalue weighted by Gasteiger charge is -2.17. The summed E-state index contributed by atoms with van der Waals surface area (Å²) in [5.74, 6) is -0.0803. The molecule has 0 radical (unpaired) electrons. The molecule has 1 N–H and O–H groups in total. The number of pyridine rings is 2. The van der Waals surface area contributed by atoms with E-state index in [0.29, 0.717) is 18.8 Å². The number of hydrogen-bond acceptors (Lipinski definition) is 4. The molecule has 0 aliphatic carbocycles. The summed E-state index contributed by atoms with van der Waals surface area (Å²) >= 11 is 0. The molecule has 5 nitrogen and oxygen atoms in total. The number of nitrogens with one attached hydrogen (secondary N) is 1. The molecule has 0 aliphatic heterocycles. The van der Waals surface area contributed by atoms with Gasteiger partial charge in [-0.3, -0.25) is 14.8 Å². The summed E-state index contributed by atoms with van der Waals surface area (Å²) < 4.78 is 0. The van der Waals surface area contributed by atoms with Gasteiger partial charge in [0.1, 0.15) is 5.69 Å². The van der Waals surface area contributed by atoms with Crippen LogP contribution in [0.15, 0.2) is 67.1 Å². The Morgan fingerprint density at radius 1 is 1.04 bits per heavy atom. The molecule has 3 aromatic rings. The number of carbonyl (C=O) groups excluding carboxylic acids is 1. The molecule has 0 unspecified atom stereocenters. The SMILES string of the molecule is Cc1cccc(CNc2ccnc(C(=O)N(C)CCc3ccncc3)c2)c1. The van der Waals surface area contributed by atoms with Gasteiger partial charge in [0, 0.05) is 44.4 Å². The molecule has 5 heteroatoms. The molecular formula is C22H24N4O. The first kappa shape index (κ1) is 18.6. The Hall–Kier alpha value is -3.21. The van der Waals surface area contributed by atoms with Gasteiger partial charge in [-0.2, -0.15) is 0 Å². The largest absolute Gasteiger partial charge is 0.381 e. The second kappa shape index (κ2) is 8.94. The highest BCUT2D eigenvalue weighted by atomic mass is 16.2. The second-order valence-electron chi connectivity index (χ2n) is 6.60. The number of anilines is 1. The highest BCUT2D eigenvalue weighted by molar-refractivity contribution is 5.93. The van der Waals surface area contributed by atoms with Crippen molar-refractivity contribution >= 4 is 11.6 Å². The van der Waals surface area contributed by atoms with Crippen LogP contribution in [0.1, 0.15) is 27.2 Å².